The summed E-state index contributed by atoms with van der Waals surface area (Å²) in [6.07, 6.45) is 5.32. The van der Waals surface area contributed by atoms with Crippen LogP contribution in [0, 0.1) is 18.3 Å². The van der Waals surface area contributed by atoms with E-state index in [-0.39, 0.29) is 21.6 Å². The smallest absolute Gasteiger partial charge is 0.268 e. The summed E-state index contributed by atoms with van der Waals surface area (Å²) < 4.78 is 41.2. The SMILES string of the molecule is Cc1cc(S(=O)(=O)NC(=O)c2ccc(N3CCN(CC4=C(c5ccc(Cl)cc5)CC(C)(C)CC4)CC3)cc2Oc2ccccc2)ccc1NCC1CCOCC1. The van der Waals surface area contributed by atoms with Gasteiger partial charge in [0.1, 0.15) is 11.5 Å². The van der Waals surface area contributed by atoms with Gasteiger partial charge in [0, 0.05) is 74.9 Å². The summed E-state index contributed by atoms with van der Waals surface area (Å²) in [6, 6.07) is 27.8. The first-order chi connectivity index (χ1) is 26.9. The Labute approximate surface area is 337 Å². The molecule has 1 amide bonds. The molecule has 2 saturated heterocycles. The molecule has 4 aromatic rings. The Kier molecular flexibility index (Phi) is 12.4. The minimum Gasteiger partial charge on any atom is -0.456 e. The van der Waals surface area contributed by atoms with Crippen LogP contribution in [0.1, 0.15) is 67.4 Å². The maximum atomic E-state index is 13.8. The number of amides is 1. The predicted octanol–water partition coefficient (Wildman–Crippen LogP) is 9.18. The average molecular weight is 797 g/mol. The molecule has 296 valence electrons. The molecule has 0 atom stereocenters. The van der Waals surface area contributed by atoms with Crippen molar-refractivity contribution in [3.05, 3.63) is 118 Å². The third-order valence-electron chi connectivity index (χ3n) is 11.4. The number of nitrogens with one attached hydrogen (secondary N) is 2. The van der Waals surface area contributed by atoms with E-state index in [1.54, 1.807) is 18.2 Å². The Morgan fingerprint density at radius 3 is 2.38 bits per heavy atom. The molecule has 3 aliphatic rings. The van der Waals surface area contributed by atoms with Gasteiger partial charge in [-0.25, -0.2) is 13.1 Å². The van der Waals surface area contributed by atoms with Crippen molar-refractivity contribution in [1.82, 2.24) is 9.62 Å². The summed E-state index contributed by atoms with van der Waals surface area (Å²) in [5, 5.41) is 4.21. The molecule has 9 nitrogen and oxygen atoms in total. The molecule has 0 unspecified atom stereocenters. The predicted molar refractivity (Wildman–Crippen MR) is 225 cm³/mol. The Morgan fingerprint density at radius 2 is 1.66 bits per heavy atom. The number of para-hydroxylation sites is 1. The van der Waals surface area contributed by atoms with E-state index in [1.807, 2.05) is 61.5 Å². The summed E-state index contributed by atoms with van der Waals surface area (Å²) in [4.78, 5) is 18.6. The van der Waals surface area contributed by atoms with Crippen molar-refractivity contribution >= 4 is 44.5 Å². The number of ether oxygens (including phenoxy) is 2. The number of carbonyl (C=O) groups is 1. The van der Waals surface area contributed by atoms with E-state index in [0.29, 0.717) is 11.7 Å². The molecule has 0 aromatic heterocycles. The monoisotopic (exact) mass is 796 g/mol. The van der Waals surface area contributed by atoms with Crippen LogP contribution in [0.5, 0.6) is 11.5 Å². The molecule has 56 heavy (non-hydrogen) atoms. The van der Waals surface area contributed by atoms with E-state index in [9.17, 15) is 13.2 Å². The van der Waals surface area contributed by atoms with E-state index in [0.717, 1.165) is 100 Å². The van der Waals surface area contributed by atoms with Crippen LogP contribution in [0.4, 0.5) is 11.4 Å². The van der Waals surface area contributed by atoms with Crippen molar-refractivity contribution in [3.8, 4) is 11.5 Å². The van der Waals surface area contributed by atoms with Gasteiger partial charge in [-0.3, -0.25) is 9.69 Å². The van der Waals surface area contributed by atoms with Gasteiger partial charge in [-0.05, 0) is 122 Å². The number of rotatable bonds is 12. The highest BCUT2D eigenvalue weighted by Crippen LogP contribution is 2.43. The molecular weight excluding hydrogens is 744 g/mol. The summed E-state index contributed by atoms with van der Waals surface area (Å²) >= 11 is 6.24. The topological polar surface area (TPSA) is 100 Å². The number of benzene rings is 4. The second kappa shape index (κ2) is 17.4. The molecule has 2 N–H and O–H groups in total. The number of carbonyl (C=O) groups excluding carboxylic acids is 1. The van der Waals surface area contributed by atoms with Crippen LogP contribution in [0.25, 0.3) is 5.57 Å². The van der Waals surface area contributed by atoms with Crippen molar-refractivity contribution in [2.24, 2.45) is 11.3 Å². The van der Waals surface area contributed by atoms with Crippen LogP contribution in [-0.2, 0) is 14.8 Å². The molecule has 0 spiro atoms. The number of halogens is 1. The first-order valence-corrected chi connectivity index (χ1v) is 21.6. The number of anilines is 2. The highest BCUT2D eigenvalue weighted by molar-refractivity contribution is 7.90. The van der Waals surface area contributed by atoms with Crippen LogP contribution in [0.2, 0.25) is 5.02 Å². The van der Waals surface area contributed by atoms with E-state index in [2.05, 4.69) is 45.8 Å². The Balaban J connectivity index is 1.04. The lowest BCUT2D eigenvalue weighted by atomic mass is 9.72. The van der Waals surface area contributed by atoms with Gasteiger partial charge in [-0.15, -0.1) is 0 Å². The zero-order valence-electron chi connectivity index (χ0n) is 32.7. The van der Waals surface area contributed by atoms with E-state index < -0.39 is 15.9 Å². The molecule has 7 rings (SSSR count). The molecule has 2 fully saturated rings. The molecule has 2 aliphatic heterocycles. The standard InChI is InChI=1S/C45H53ClN4O5S/c1-32-27-39(14-16-42(32)47-30-33-18-25-54-26-19-33)56(52,53)48-44(51)40-15-13-37(28-43(40)55-38-7-5-4-6-8-38)50-23-21-49(22-24-50)31-35-17-20-45(2,3)29-41(35)34-9-11-36(46)12-10-34/h4-16,27-28,33,47H,17-26,29-31H2,1-3H3,(H,48,51). The third-order valence-corrected chi connectivity index (χ3v) is 12.9. The molecule has 11 heteroatoms. The normalized spacial score (nSPS) is 18.1. The van der Waals surface area contributed by atoms with Gasteiger partial charge in [0.2, 0.25) is 0 Å². The summed E-state index contributed by atoms with van der Waals surface area (Å²) in [6.45, 7) is 13.2. The van der Waals surface area contributed by atoms with Gasteiger partial charge >= 0.3 is 0 Å². The van der Waals surface area contributed by atoms with Crippen molar-refractivity contribution in [2.75, 3.05) is 62.7 Å². The fourth-order valence-electron chi connectivity index (χ4n) is 7.94. The van der Waals surface area contributed by atoms with Gasteiger partial charge in [0.25, 0.3) is 15.9 Å². The summed E-state index contributed by atoms with van der Waals surface area (Å²) in [7, 11) is -4.18. The number of piperazine rings is 1. The zero-order valence-corrected chi connectivity index (χ0v) is 34.2. The van der Waals surface area contributed by atoms with Crippen LogP contribution < -0.4 is 19.7 Å². The van der Waals surface area contributed by atoms with Gasteiger partial charge in [-0.1, -0.05) is 61.4 Å². The fourth-order valence-corrected chi connectivity index (χ4v) is 9.11. The highest BCUT2D eigenvalue weighted by atomic mass is 35.5. The second-order valence-corrected chi connectivity index (χ2v) is 18.3. The van der Waals surface area contributed by atoms with Gasteiger partial charge < -0.3 is 19.7 Å². The molecule has 0 bridgehead atoms. The number of allylic oxidation sites excluding steroid dienone is 1. The zero-order chi connectivity index (χ0) is 39.3. The Bertz CT molecular complexity index is 2140. The Morgan fingerprint density at radius 1 is 0.929 bits per heavy atom. The highest BCUT2D eigenvalue weighted by Gasteiger charge is 2.30. The third kappa shape index (κ3) is 9.95. The maximum Gasteiger partial charge on any atom is 0.268 e. The van der Waals surface area contributed by atoms with Crippen molar-refractivity contribution in [2.45, 2.75) is 57.8 Å². The van der Waals surface area contributed by atoms with E-state index in [1.165, 1.54) is 29.2 Å². The molecule has 4 aromatic carbocycles. The minimum atomic E-state index is -4.18. The molecule has 1 aliphatic carbocycles. The quantitative estimate of drug-likeness (QED) is 0.147. The largest absolute Gasteiger partial charge is 0.456 e. The van der Waals surface area contributed by atoms with Crippen molar-refractivity contribution in [3.63, 3.8) is 0 Å². The number of nitrogens with zero attached hydrogens (tertiary/aromatic N) is 2. The van der Waals surface area contributed by atoms with Gasteiger partial charge in [-0.2, -0.15) is 0 Å². The van der Waals surface area contributed by atoms with Crippen LogP contribution in [0.15, 0.2) is 101 Å². The number of aryl methyl sites for hydroxylation is 1. The first-order valence-electron chi connectivity index (χ1n) is 19.7. The minimum absolute atomic E-state index is 0.0213. The molecule has 0 saturated carbocycles. The lowest BCUT2D eigenvalue weighted by molar-refractivity contribution is 0.0699. The lowest BCUT2D eigenvalue weighted by Gasteiger charge is -2.39. The number of hydrogen-bond acceptors (Lipinski definition) is 8. The summed E-state index contributed by atoms with van der Waals surface area (Å²) in [5.74, 6) is 0.592. The van der Waals surface area contributed by atoms with Crippen LogP contribution in [0.3, 0.4) is 0 Å². The van der Waals surface area contributed by atoms with Gasteiger partial charge in [0.15, 0.2) is 0 Å². The first kappa shape index (κ1) is 39.9. The number of hydrogen-bond donors (Lipinski definition) is 2. The fraction of sp³-hybridized carbons (Fsp3) is 0.400. The van der Waals surface area contributed by atoms with Gasteiger partial charge in [0.05, 0.1) is 10.5 Å². The van der Waals surface area contributed by atoms with Crippen molar-refractivity contribution < 1.29 is 22.7 Å². The maximum absolute atomic E-state index is 13.8. The number of sulfonamides is 1. The van der Waals surface area contributed by atoms with E-state index >= 15 is 0 Å². The second-order valence-electron chi connectivity index (χ2n) is 16.1. The Hall–Kier alpha value is -4.35. The average Bonchev–Trinajstić information content (AvgIpc) is 3.19. The van der Waals surface area contributed by atoms with E-state index in [4.69, 9.17) is 21.1 Å². The summed E-state index contributed by atoms with van der Waals surface area (Å²) in [5.41, 5.74) is 7.18. The molecule has 0 radical (unpaired) electrons. The lowest BCUT2D eigenvalue weighted by Crippen LogP contribution is -2.47. The van der Waals surface area contributed by atoms with Crippen LogP contribution >= 0.6 is 11.6 Å². The molecular formula is C45H53ClN4O5S. The molecule has 2 heterocycles. The van der Waals surface area contributed by atoms with Crippen molar-refractivity contribution in [1.29, 1.82) is 0 Å². The van der Waals surface area contributed by atoms with Crippen LogP contribution in [-0.4, -0.2) is 71.7 Å².